The van der Waals surface area contributed by atoms with E-state index in [0.29, 0.717) is 11.0 Å². The lowest BCUT2D eigenvalue weighted by Crippen LogP contribution is -2.46. The van der Waals surface area contributed by atoms with Crippen molar-refractivity contribution in [2.75, 3.05) is 17.7 Å². The highest BCUT2D eigenvalue weighted by atomic mass is 19.1. The maximum absolute atomic E-state index is 16.9. The highest BCUT2D eigenvalue weighted by molar-refractivity contribution is 6.20. The Hall–Kier alpha value is -5.18. The number of pyridine rings is 2. The lowest BCUT2D eigenvalue weighted by atomic mass is 9.92. The van der Waals surface area contributed by atoms with Gasteiger partial charge < -0.3 is 15.4 Å². The summed E-state index contributed by atoms with van der Waals surface area (Å²) in [4.78, 5) is 47.6. The van der Waals surface area contributed by atoms with Crippen LogP contribution in [0.5, 0.6) is 0 Å². The molecule has 2 aromatic heterocycles. The summed E-state index contributed by atoms with van der Waals surface area (Å²) in [6, 6.07) is 22.2. The fourth-order valence-corrected chi connectivity index (χ4v) is 4.15. The van der Waals surface area contributed by atoms with Crippen LogP contribution in [0, 0.1) is 0 Å². The SMILES string of the molecule is COC(=O)c1ccc(C(F)(C(=O)Nc2cccc3cccnc23)C(=O)Nc2cccc3cccnc23)cc1. The summed E-state index contributed by atoms with van der Waals surface area (Å²) >= 11 is 0. The molecule has 2 N–H and O–H groups in total. The number of hydrogen-bond acceptors (Lipinski definition) is 6. The first kappa shape index (κ1) is 24.5. The number of anilines is 2. The van der Waals surface area contributed by atoms with Crippen LogP contribution in [0.15, 0.2) is 97.3 Å². The molecule has 5 aromatic rings. The summed E-state index contributed by atoms with van der Waals surface area (Å²) in [6.45, 7) is 0. The number of carbonyl (C=O) groups excluding carboxylic acids is 3. The van der Waals surface area contributed by atoms with Crippen molar-refractivity contribution in [2.24, 2.45) is 0 Å². The minimum absolute atomic E-state index is 0.135. The molecule has 0 saturated carbocycles. The monoisotopic (exact) mass is 508 g/mol. The molecule has 0 atom stereocenters. The molecule has 0 aliphatic heterocycles. The van der Waals surface area contributed by atoms with Gasteiger partial charge in [0.15, 0.2) is 0 Å². The quantitative estimate of drug-likeness (QED) is 0.246. The van der Waals surface area contributed by atoms with Crippen LogP contribution in [-0.4, -0.2) is 34.9 Å². The predicted molar refractivity (Wildman–Crippen MR) is 141 cm³/mol. The fraction of sp³-hybridized carbons (Fsp3) is 0.0690. The van der Waals surface area contributed by atoms with Crippen LogP contribution < -0.4 is 10.6 Å². The van der Waals surface area contributed by atoms with Crippen LogP contribution >= 0.6 is 0 Å². The third-order valence-corrected chi connectivity index (χ3v) is 6.09. The van der Waals surface area contributed by atoms with E-state index in [1.165, 1.54) is 31.4 Å². The zero-order chi connectivity index (χ0) is 26.7. The average Bonchev–Trinajstić information content (AvgIpc) is 2.96. The number of hydrogen-bond donors (Lipinski definition) is 2. The molecule has 188 valence electrons. The van der Waals surface area contributed by atoms with Crippen LogP contribution in [-0.2, 0) is 20.0 Å². The van der Waals surface area contributed by atoms with Crippen LogP contribution in [0.1, 0.15) is 15.9 Å². The standard InChI is InChI=1S/C29H21FN4O4/c1-38-26(35)20-12-14-21(15-13-20)29(30,27(36)33-22-10-2-6-18-8-4-16-31-24(18)22)28(37)34-23-11-3-7-19-9-5-17-32-25(19)23/h2-17H,1H3,(H,33,36)(H,34,37). The van der Waals surface area contributed by atoms with Gasteiger partial charge in [0, 0.05) is 28.7 Å². The second-order valence-electron chi connectivity index (χ2n) is 8.40. The Labute approximate surface area is 216 Å². The van der Waals surface area contributed by atoms with Gasteiger partial charge in [0.05, 0.1) is 35.1 Å². The number of rotatable bonds is 6. The summed E-state index contributed by atoms with van der Waals surface area (Å²) in [6.07, 6.45) is 3.10. The van der Waals surface area contributed by atoms with E-state index >= 15 is 4.39 Å². The molecule has 8 nitrogen and oxygen atoms in total. The second kappa shape index (κ2) is 10.1. The van der Waals surface area contributed by atoms with E-state index in [-0.39, 0.29) is 22.5 Å². The molecule has 0 saturated heterocycles. The lowest BCUT2D eigenvalue weighted by Gasteiger charge is -2.24. The zero-order valence-electron chi connectivity index (χ0n) is 20.1. The zero-order valence-corrected chi connectivity index (χ0v) is 20.1. The smallest absolute Gasteiger partial charge is 0.337 e. The Morgan fingerprint density at radius 1 is 0.711 bits per heavy atom. The van der Waals surface area contributed by atoms with Crippen LogP contribution in [0.4, 0.5) is 15.8 Å². The number of para-hydroxylation sites is 2. The second-order valence-corrected chi connectivity index (χ2v) is 8.40. The van der Waals surface area contributed by atoms with Gasteiger partial charge in [0.1, 0.15) is 0 Å². The van der Waals surface area contributed by atoms with Crippen LogP contribution in [0.25, 0.3) is 21.8 Å². The topological polar surface area (TPSA) is 110 Å². The fourth-order valence-electron chi connectivity index (χ4n) is 4.15. The molecule has 0 aliphatic rings. The number of nitrogens with one attached hydrogen (secondary N) is 2. The van der Waals surface area contributed by atoms with Crippen molar-refractivity contribution in [1.29, 1.82) is 0 Å². The van der Waals surface area contributed by atoms with Gasteiger partial charge in [-0.2, -0.15) is 0 Å². The molecule has 2 amide bonds. The largest absolute Gasteiger partial charge is 0.465 e. The molecule has 0 spiro atoms. The predicted octanol–water partition coefficient (Wildman–Crippen LogP) is 5.01. The van der Waals surface area contributed by atoms with E-state index < -0.39 is 23.5 Å². The van der Waals surface area contributed by atoms with E-state index in [1.807, 2.05) is 0 Å². The van der Waals surface area contributed by atoms with E-state index in [0.717, 1.165) is 10.8 Å². The number of ether oxygens (including phenoxy) is 1. The Kier molecular flexibility index (Phi) is 6.49. The van der Waals surface area contributed by atoms with Crippen molar-refractivity contribution in [1.82, 2.24) is 9.97 Å². The third-order valence-electron chi connectivity index (χ3n) is 6.09. The molecule has 0 fully saturated rings. The number of benzene rings is 3. The van der Waals surface area contributed by atoms with Crippen molar-refractivity contribution in [3.8, 4) is 0 Å². The van der Waals surface area contributed by atoms with E-state index in [1.54, 1.807) is 73.1 Å². The maximum atomic E-state index is 16.9. The van der Waals surface area contributed by atoms with Crippen molar-refractivity contribution >= 4 is 51.0 Å². The first-order valence-corrected chi connectivity index (χ1v) is 11.6. The molecule has 5 rings (SSSR count). The van der Waals surface area contributed by atoms with Gasteiger partial charge in [0.2, 0.25) is 0 Å². The Bertz CT molecular complexity index is 1580. The van der Waals surface area contributed by atoms with Crippen molar-refractivity contribution in [3.05, 3.63) is 108 Å². The summed E-state index contributed by atoms with van der Waals surface area (Å²) in [5.41, 5.74) is -1.99. The number of nitrogens with zero attached hydrogens (tertiary/aromatic N) is 2. The summed E-state index contributed by atoms with van der Waals surface area (Å²) < 4.78 is 21.6. The van der Waals surface area contributed by atoms with Crippen LogP contribution in [0.2, 0.25) is 0 Å². The minimum atomic E-state index is -3.19. The van der Waals surface area contributed by atoms with Gasteiger partial charge in [-0.1, -0.05) is 48.5 Å². The number of aromatic nitrogens is 2. The molecule has 0 aliphatic carbocycles. The molecular formula is C29H21FN4O4. The molecule has 0 bridgehead atoms. The van der Waals surface area contributed by atoms with Gasteiger partial charge in [-0.15, -0.1) is 0 Å². The van der Waals surface area contributed by atoms with Crippen LogP contribution in [0.3, 0.4) is 0 Å². The Morgan fingerprint density at radius 3 is 1.66 bits per heavy atom. The summed E-state index contributed by atoms with van der Waals surface area (Å²) in [5.74, 6) is -3.10. The van der Waals surface area contributed by atoms with Gasteiger partial charge in [-0.05, 0) is 36.4 Å². The molecule has 0 unspecified atom stereocenters. The Balaban J connectivity index is 1.56. The molecule has 9 heteroatoms. The van der Waals surface area contributed by atoms with Crippen molar-refractivity contribution in [3.63, 3.8) is 0 Å². The lowest BCUT2D eigenvalue weighted by molar-refractivity contribution is -0.140. The van der Waals surface area contributed by atoms with E-state index in [2.05, 4.69) is 20.6 Å². The number of carbonyl (C=O) groups is 3. The number of halogens is 1. The first-order valence-electron chi connectivity index (χ1n) is 11.6. The van der Waals surface area contributed by atoms with Gasteiger partial charge in [-0.3, -0.25) is 19.6 Å². The van der Waals surface area contributed by atoms with Gasteiger partial charge in [-0.25, -0.2) is 9.18 Å². The maximum Gasteiger partial charge on any atom is 0.337 e. The van der Waals surface area contributed by atoms with E-state index in [4.69, 9.17) is 4.74 Å². The number of alkyl halides is 1. The molecular weight excluding hydrogens is 487 g/mol. The summed E-state index contributed by atoms with van der Waals surface area (Å²) in [5, 5.41) is 6.51. The molecule has 38 heavy (non-hydrogen) atoms. The number of methoxy groups -OCH3 is 1. The Morgan fingerprint density at radius 2 is 1.18 bits per heavy atom. The third kappa shape index (κ3) is 4.41. The van der Waals surface area contributed by atoms with Gasteiger partial charge in [0.25, 0.3) is 17.5 Å². The molecule has 2 heterocycles. The summed E-state index contributed by atoms with van der Waals surface area (Å²) in [7, 11) is 1.22. The molecule has 3 aromatic carbocycles. The molecule has 0 radical (unpaired) electrons. The highest BCUT2D eigenvalue weighted by Gasteiger charge is 2.49. The number of amides is 2. The number of esters is 1. The van der Waals surface area contributed by atoms with E-state index in [9.17, 15) is 14.4 Å². The minimum Gasteiger partial charge on any atom is -0.465 e. The number of fused-ring (bicyclic) bond motifs is 2. The highest BCUT2D eigenvalue weighted by Crippen LogP contribution is 2.33. The first-order chi connectivity index (χ1) is 18.4. The van der Waals surface area contributed by atoms with Gasteiger partial charge >= 0.3 is 5.97 Å². The van der Waals surface area contributed by atoms with Crippen molar-refractivity contribution in [2.45, 2.75) is 5.67 Å². The normalized spacial score (nSPS) is 11.2. The average molecular weight is 509 g/mol. The van der Waals surface area contributed by atoms with Crippen molar-refractivity contribution < 1.29 is 23.5 Å².